The Labute approximate surface area is 99.9 Å². The summed E-state index contributed by atoms with van der Waals surface area (Å²) >= 11 is 5.72. The molecule has 0 atom stereocenters. The first-order chi connectivity index (χ1) is 7.75. The predicted octanol–water partition coefficient (Wildman–Crippen LogP) is 2.24. The van der Waals surface area contributed by atoms with Crippen molar-refractivity contribution < 1.29 is 9.47 Å². The third-order valence-corrected chi connectivity index (χ3v) is 2.87. The second kappa shape index (κ2) is 5.46. The lowest BCUT2D eigenvalue weighted by Gasteiger charge is -2.22. The maximum Gasteiger partial charge on any atom is 0.225 e. The summed E-state index contributed by atoms with van der Waals surface area (Å²) in [6.07, 6.45) is 3.78. The molecule has 5 heteroatoms. The fraction of sp³-hybridized carbons (Fsp3) is 0.636. The molecule has 88 valence electrons. The highest BCUT2D eigenvalue weighted by Gasteiger charge is 2.15. The van der Waals surface area contributed by atoms with Gasteiger partial charge in [-0.3, -0.25) is 0 Å². The number of halogens is 1. The van der Waals surface area contributed by atoms with Crippen LogP contribution in [0.1, 0.15) is 18.4 Å². The second-order valence-electron chi connectivity index (χ2n) is 3.99. The molecule has 0 saturated carbocycles. The van der Waals surface area contributed by atoms with Gasteiger partial charge in [0.05, 0.1) is 6.61 Å². The minimum absolute atomic E-state index is 0.229. The smallest absolute Gasteiger partial charge is 0.225 e. The van der Waals surface area contributed by atoms with E-state index in [9.17, 15) is 0 Å². The first-order valence-electron chi connectivity index (χ1n) is 5.45. The molecule has 0 bridgehead atoms. The molecule has 2 rings (SSSR count). The molecule has 1 aromatic rings. The molecule has 1 aliphatic rings. The van der Waals surface area contributed by atoms with Crippen molar-refractivity contribution in [3.63, 3.8) is 0 Å². The number of aromatic nitrogens is 2. The minimum atomic E-state index is 0.229. The van der Waals surface area contributed by atoms with Gasteiger partial charge >= 0.3 is 0 Å². The van der Waals surface area contributed by atoms with Crippen LogP contribution in [0.4, 0.5) is 0 Å². The van der Waals surface area contributed by atoms with E-state index in [1.807, 2.05) is 6.92 Å². The van der Waals surface area contributed by atoms with Crippen molar-refractivity contribution in [2.45, 2.75) is 19.8 Å². The van der Waals surface area contributed by atoms with E-state index in [-0.39, 0.29) is 5.28 Å². The van der Waals surface area contributed by atoms with Crippen LogP contribution in [0.25, 0.3) is 0 Å². The molecule has 0 amide bonds. The van der Waals surface area contributed by atoms with Gasteiger partial charge in [0.25, 0.3) is 0 Å². The van der Waals surface area contributed by atoms with Crippen LogP contribution in [-0.4, -0.2) is 29.8 Å². The van der Waals surface area contributed by atoms with Crippen molar-refractivity contribution in [2.75, 3.05) is 19.8 Å². The number of rotatable bonds is 3. The van der Waals surface area contributed by atoms with Crippen molar-refractivity contribution in [2.24, 2.45) is 5.92 Å². The standard InChI is InChI=1S/C11H15ClN2O2/c1-8-6-13-11(12)14-10(8)16-7-9-2-4-15-5-3-9/h6,9H,2-5,7H2,1H3. The Morgan fingerprint density at radius 2 is 2.25 bits per heavy atom. The second-order valence-corrected chi connectivity index (χ2v) is 4.33. The van der Waals surface area contributed by atoms with Crippen LogP contribution in [0.15, 0.2) is 6.20 Å². The van der Waals surface area contributed by atoms with Gasteiger partial charge in [-0.15, -0.1) is 0 Å². The molecule has 0 radical (unpaired) electrons. The molecular formula is C11H15ClN2O2. The van der Waals surface area contributed by atoms with E-state index in [0.717, 1.165) is 31.6 Å². The molecule has 0 aliphatic carbocycles. The third kappa shape index (κ3) is 3.06. The number of hydrogen-bond acceptors (Lipinski definition) is 4. The molecule has 0 aromatic carbocycles. The van der Waals surface area contributed by atoms with Gasteiger partial charge in [0.15, 0.2) is 0 Å². The summed E-state index contributed by atoms with van der Waals surface area (Å²) in [5.41, 5.74) is 0.913. The molecule has 1 aromatic heterocycles. The summed E-state index contributed by atoms with van der Waals surface area (Å²) < 4.78 is 11.0. The monoisotopic (exact) mass is 242 g/mol. The van der Waals surface area contributed by atoms with Crippen LogP contribution in [-0.2, 0) is 4.74 Å². The van der Waals surface area contributed by atoms with Crippen molar-refractivity contribution in [1.29, 1.82) is 0 Å². The number of ether oxygens (including phenoxy) is 2. The summed E-state index contributed by atoms with van der Waals surface area (Å²) in [7, 11) is 0. The molecule has 16 heavy (non-hydrogen) atoms. The molecule has 1 saturated heterocycles. The fourth-order valence-corrected chi connectivity index (χ4v) is 1.79. The zero-order chi connectivity index (χ0) is 11.4. The van der Waals surface area contributed by atoms with Crippen molar-refractivity contribution in [1.82, 2.24) is 9.97 Å². The van der Waals surface area contributed by atoms with Crippen LogP contribution < -0.4 is 4.74 Å². The molecule has 0 unspecified atom stereocenters. The maximum absolute atomic E-state index is 5.72. The van der Waals surface area contributed by atoms with Crippen LogP contribution in [0.2, 0.25) is 5.28 Å². The largest absolute Gasteiger partial charge is 0.477 e. The lowest BCUT2D eigenvalue weighted by atomic mass is 10.0. The van der Waals surface area contributed by atoms with E-state index in [1.54, 1.807) is 6.20 Å². The van der Waals surface area contributed by atoms with Crippen LogP contribution in [0.5, 0.6) is 5.88 Å². The normalized spacial score (nSPS) is 17.4. The topological polar surface area (TPSA) is 44.2 Å². The highest BCUT2D eigenvalue weighted by molar-refractivity contribution is 6.28. The van der Waals surface area contributed by atoms with E-state index in [2.05, 4.69) is 9.97 Å². The van der Waals surface area contributed by atoms with Gasteiger partial charge in [0.2, 0.25) is 11.2 Å². The summed E-state index contributed by atoms with van der Waals surface area (Å²) in [6.45, 7) is 4.25. The van der Waals surface area contributed by atoms with E-state index in [0.29, 0.717) is 18.4 Å². The zero-order valence-corrected chi connectivity index (χ0v) is 10.0. The van der Waals surface area contributed by atoms with Gasteiger partial charge in [-0.1, -0.05) is 0 Å². The average molecular weight is 243 g/mol. The SMILES string of the molecule is Cc1cnc(Cl)nc1OCC1CCOCC1. The number of nitrogens with zero attached hydrogens (tertiary/aromatic N) is 2. The lowest BCUT2D eigenvalue weighted by molar-refractivity contribution is 0.0489. The lowest BCUT2D eigenvalue weighted by Crippen LogP contribution is -2.21. The quantitative estimate of drug-likeness (QED) is 0.763. The molecule has 1 aliphatic heterocycles. The molecule has 1 fully saturated rings. The summed E-state index contributed by atoms with van der Waals surface area (Å²) in [4.78, 5) is 7.95. The summed E-state index contributed by atoms with van der Waals surface area (Å²) in [5.74, 6) is 1.15. The van der Waals surface area contributed by atoms with E-state index in [4.69, 9.17) is 21.1 Å². The van der Waals surface area contributed by atoms with Crippen LogP contribution in [0, 0.1) is 12.8 Å². The minimum Gasteiger partial charge on any atom is -0.477 e. The number of aryl methyl sites for hydroxylation is 1. The van der Waals surface area contributed by atoms with Gasteiger partial charge in [-0.2, -0.15) is 4.98 Å². The highest BCUT2D eigenvalue weighted by Crippen LogP contribution is 2.19. The van der Waals surface area contributed by atoms with Crippen molar-refractivity contribution in [3.8, 4) is 5.88 Å². The Hall–Kier alpha value is -0.870. The summed E-state index contributed by atoms with van der Waals surface area (Å²) in [6, 6.07) is 0. The van der Waals surface area contributed by atoms with E-state index >= 15 is 0 Å². The van der Waals surface area contributed by atoms with Crippen LogP contribution in [0.3, 0.4) is 0 Å². The van der Waals surface area contributed by atoms with Gasteiger partial charge in [-0.25, -0.2) is 4.98 Å². The molecule has 0 spiro atoms. The first kappa shape index (κ1) is 11.6. The Morgan fingerprint density at radius 3 is 3.00 bits per heavy atom. The Kier molecular flexibility index (Phi) is 3.96. The van der Waals surface area contributed by atoms with Crippen molar-refractivity contribution in [3.05, 3.63) is 17.0 Å². The maximum atomic E-state index is 5.72. The van der Waals surface area contributed by atoms with Crippen molar-refractivity contribution >= 4 is 11.6 Å². The molecule has 4 nitrogen and oxygen atoms in total. The fourth-order valence-electron chi connectivity index (χ4n) is 1.66. The van der Waals surface area contributed by atoms with Gasteiger partial charge < -0.3 is 9.47 Å². The average Bonchev–Trinajstić information content (AvgIpc) is 2.32. The zero-order valence-electron chi connectivity index (χ0n) is 9.28. The van der Waals surface area contributed by atoms with Gasteiger partial charge in [0, 0.05) is 25.0 Å². The Balaban J connectivity index is 1.90. The van der Waals surface area contributed by atoms with Gasteiger partial charge in [-0.05, 0) is 37.3 Å². The number of hydrogen-bond donors (Lipinski definition) is 0. The van der Waals surface area contributed by atoms with Gasteiger partial charge in [0.1, 0.15) is 0 Å². The predicted molar refractivity (Wildman–Crippen MR) is 60.8 cm³/mol. The molecular weight excluding hydrogens is 228 g/mol. The molecule has 2 heterocycles. The van der Waals surface area contributed by atoms with E-state index in [1.165, 1.54) is 0 Å². The van der Waals surface area contributed by atoms with E-state index < -0.39 is 0 Å². The Morgan fingerprint density at radius 1 is 1.50 bits per heavy atom. The first-order valence-corrected chi connectivity index (χ1v) is 5.83. The Bertz CT molecular complexity index is 354. The summed E-state index contributed by atoms with van der Waals surface area (Å²) in [5, 5.41) is 0.229. The third-order valence-electron chi connectivity index (χ3n) is 2.69. The molecule has 0 N–H and O–H groups in total. The van der Waals surface area contributed by atoms with Crippen LogP contribution >= 0.6 is 11.6 Å². The highest BCUT2D eigenvalue weighted by atomic mass is 35.5.